The van der Waals surface area contributed by atoms with Gasteiger partial charge < -0.3 is 15.0 Å². The Morgan fingerprint density at radius 1 is 1.50 bits per heavy atom. The second kappa shape index (κ2) is 6.29. The van der Waals surface area contributed by atoms with Crippen LogP contribution in [0.5, 0.6) is 5.75 Å². The normalized spacial score (nSPS) is 10.6. The molecule has 2 aromatic rings. The second-order valence-corrected chi connectivity index (χ2v) is 4.35. The van der Waals surface area contributed by atoms with Crippen molar-refractivity contribution in [3.05, 3.63) is 47.8 Å². The Morgan fingerprint density at radius 2 is 2.30 bits per heavy atom. The number of ether oxygens (including phenoxy) is 1. The third-order valence-electron chi connectivity index (χ3n) is 2.89. The van der Waals surface area contributed by atoms with Crippen molar-refractivity contribution in [1.82, 2.24) is 9.55 Å². The quantitative estimate of drug-likeness (QED) is 0.811. The first-order valence-corrected chi connectivity index (χ1v) is 6.21. The molecule has 2 N–H and O–H groups in total. The number of Topliss-reactive ketones (excluding diaryl/α,β-unsaturated/α-hetero) is 1. The highest BCUT2D eigenvalue weighted by molar-refractivity contribution is 5.95. The summed E-state index contributed by atoms with van der Waals surface area (Å²) in [7, 11) is 1.40. The van der Waals surface area contributed by atoms with E-state index >= 15 is 0 Å². The zero-order valence-corrected chi connectivity index (χ0v) is 11.2. The Labute approximate surface area is 116 Å². The standard InChI is InChI=1S/C14H16FN3O2/c1-20-14-3-2-10(6-11(14)15)7-13(19)12-8-18(5-4-16)9-17-12/h2-3,6,8-9H,4-5,7,16H2,1H3. The van der Waals surface area contributed by atoms with Crippen molar-refractivity contribution in [2.75, 3.05) is 13.7 Å². The molecule has 0 fully saturated rings. The maximum absolute atomic E-state index is 13.5. The number of benzene rings is 1. The molecule has 0 unspecified atom stereocenters. The first-order valence-electron chi connectivity index (χ1n) is 6.21. The van der Waals surface area contributed by atoms with Crippen LogP contribution in [-0.2, 0) is 13.0 Å². The predicted molar refractivity (Wildman–Crippen MR) is 72.3 cm³/mol. The van der Waals surface area contributed by atoms with Gasteiger partial charge in [-0.3, -0.25) is 4.79 Å². The summed E-state index contributed by atoms with van der Waals surface area (Å²) in [6.45, 7) is 1.09. The van der Waals surface area contributed by atoms with E-state index in [1.165, 1.54) is 19.2 Å². The highest BCUT2D eigenvalue weighted by Gasteiger charge is 2.12. The molecule has 0 bridgehead atoms. The van der Waals surface area contributed by atoms with E-state index in [9.17, 15) is 9.18 Å². The molecule has 0 saturated heterocycles. The zero-order chi connectivity index (χ0) is 14.5. The third-order valence-corrected chi connectivity index (χ3v) is 2.89. The molecule has 0 aliphatic heterocycles. The molecule has 0 amide bonds. The summed E-state index contributed by atoms with van der Waals surface area (Å²) in [6, 6.07) is 4.47. The van der Waals surface area contributed by atoms with Crippen LogP contribution in [0, 0.1) is 5.82 Å². The Bertz CT molecular complexity index is 610. The SMILES string of the molecule is COc1ccc(CC(=O)c2cn(CCN)cn2)cc1F. The molecular weight excluding hydrogens is 261 g/mol. The number of ketones is 1. The summed E-state index contributed by atoms with van der Waals surface area (Å²) < 4.78 is 20.1. The van der Waals surface area contributed by atoms with Gasteiger partial charge in [-0.15, -0.1) is 0 Å². The number of halogens is 1. The minimum Gasteiger partial charge on any atom is -0.494 e. The molecule has 0 aliphatic carbocycles. The summed E-state index contributed by atoms with van der Waals surface area (Å²) in [4.78, 5) is 16.1. The average Bonchev–Trinajstić information content (AvgIpc) is 2.88. The molecule has 5 nitrogen and oxygen atoms in total. The molecule has 20 heavy (non-hydrogen) atoms. The van der Waals surface area contributed by atoms with Crippen LogP contribution in [0.3, 0.4) is 0 Å². The van der Waals surface area contributed by atoms with Gasteiger partial charge in [0.25, 0.3) is 0 Å². The van der Waals surface area contributed by atoms with Crippen molar-refractivity contribution in [3.8, 4) is 5.75 Å². The van der Waals surface area contributed by atoms with E-state index in [4.69, 9.17) is 10.5 Å². The van der Waals surface area contributed by atoms with E-state index in [-0.39, 0.29) is 18.0 Å². The largest absolute Gasteiger partial charge is 0.494 e. The van der Waals surface area contributed by atoms with Gasteiger partial charge in [-0.05, 0) is 17.7 Å². The molecule has 1 aromatic carbocycles. The van der Waals surface area contributed by atoms with Crippen molar-refractivity contribution in [3.63, 3.8) is 0 Å². The fourth-order valence-corrected chi connectivity index (χ4v) is 1.87. The summed E-state index contributed by atoms with van der Waals surface area (Å²) >= 11 is 0. The van der Waals surface area contributed by atoms with E-state index in [1.807, 2.05) is 0 Å². The van der Waals surface area contributed by atoms with Gasteiger partial charge in [0, 0.05) is 25.7 Å². The van der Waals surface area contributed by atoms with Crippen molar-refractivity contribution >= 4 is 5.78 Å². The molecule has 106 valence electrons. The molecule has 0 radical (unpaired) electrons. The van der Waals surface area contributed by atoms with Crippen LogP contribution in [0.15, 0.2) is 30.7 Å². The van der Waals surface area contributed by atoms with Gasteiger partial charge in [0.1, 0.15) is 5.69 Å². The van der Waals surface area contributed by atoms with Gasteiger partial charge in [0.05, 0.1) is 13.4 Å². The number of imidazole rings is 1. The van der Waals surface area contributed by atoms with Crippen LogP contribution in [0.25, 0.3) is 0 Å². The smallest absolute Gasteiger partial charge is 0.187 e. The van der Waals surface area contributed by atoms with Crippen LogP contribution >= 0.6 is 0 Å². The summed E-state index contributed by atoms with van der Waals surface area (Å²) in [5.41, 5.74) is 6.37. The molecule has 2 rings (SSSR count). The number of nitrogens with zero attached hydrogens (tertiary/aromatic N) is 2. The molecule has 6 heteroatoms. The maximum Gasteiger partial charge on any atom is 0.187 e. The maximum atomic E-state index is 13.5. The number of carbonyl (C=O) groups excluding carboxylic acids is 1. The second-order valence-electron chi connectivity index (χ2n) is 4.35. The van der Waals surface area contributed by atoms with E-state index in [0.29, 0.717) is 24.3 Å². The Balaban J connectivity index is 2.08. The number of rotatable bonds is 6. The minimum absolute atomic E-state index is 0.0978. The van der Waals surface area contributed by atoms with E-state index in [0.717, 1.165) is 0 Å². The lowest BCUT2D eigenvalue weighted by atomic mass is 10.1. The molecule has 1 aromatic heterocycles. The van der Waals surface area contributed by atoms with Crippen LogP contribution in [0.1, 0.15) is 16.1 Å². The Hall–Kier alpha value is -2.21. The van der Waals surface area contributed by atoms with Crippen LogP contribution in [-0.4, -0.2) is 29.0 Å². The summed E-state index contributed by atoms with van der Waals surface area (Å²) in [5.74, 6) is -0.481. The lowest BCUT2D eigenvalue weighted by Crippen LogP contribution is -2.08. The fraction of sp³-hybridized carbons (Fsp3) is 0.286. The van der Waals surface area contributed by atoms with E-state index < -0.39 is 5.82 Å². The molecule has 0 aliphatic rings. The predicted octanol–water partition coefficient (Wildman–Crippen LogP) is 1.41. The molecule has 0 spiro atoms. The highest BCUT2D eigenvalue weighted by Crippen LogP contribution is 2.18. The molecular formula is C14H16FN3O2. The fourth-order valence-electron chi connectivity index (χ4n) is 1.87. The Morgan fingerprint density at radius 3 is 2.95 bits per heavy atom. The van der Waals surface area contributed by atoms with Crippen molar-refractivity contribution in [1.29, 1.82) is 0 Å². The van der Waals surface area contributed by atoms with Crippen LogP contribution in [0.4, 0.5) is 4.39 Å². The minimum atomic E-state index is -0.480. The number of carbonyl (C=O) groups is 1. The number of hydrogen-bond acceptors (Lipinski definition) is 4. The summed E-state index contributed by atoms with van der Waals surface area (Å²) in [6.07, 6.45) is 3.31. The number of nitrogens with two attached hydrogens (primary N) is 1. The van der Waals surface area contributed by atoms with Crippen molar-refractivity contribution in [2.45, 2.75) is 13.0 Å². The van der Waals surface area contributed by atoms with E-state index in [2.05, 4.69) is 4.98 Å². The molecule has 0 atom stereocenters. The number of aromatic nitrogens is 2. The van der Waals surface area contributed by atoms with E-state index in [1.54, 1.807) is 23.2 Å². The zero-order valence-electron chi connectivity index (χ0n) is 11.2. The molecule has 0 saturated carbocycles. The van der Waals surface area contributed by atoms with Crippen LogP contribution < -0.4 is 10.5 Å². The topological polar surface area (TPSA) is 70.1 Å². The lowest BCUT2D eigenvalue weighted by Gasteiger charge is -2.04. The Kier molecular flexibility index (Phi) is 4.47. The van der Waals surface area contributed by atoms with Crippen LogP contribution in [0.2, 0.25) is 0 Å². The third kappa shape index (κ3) is 3.21. The van der Waals surface area contributed by atoms with Crippen molar-refractivity contribution in [2.24, 2.45) is 5.73 Å². The molecule has 1 heterocycles. The summed E-state index contributed by atoms with van der Waals surface area (Å²) in [5, 5.41) is 0. The first kappa shape index (κ1) is 14.2. The van der Waals surface area contributed by atoms with Gasteiger partial charge in [0.2, 0.25) is 0 Å². The lowest BCUT2D eigenvalue weighted by molar-refractivity contribution is 0.0988. The average molecular weight is 277 g/mol. The number of methoxy groups -OCH3 is 1. The van der Waals surface area contributed by atoms with Gasteiger partial charge in [0.15, 0.2) is 17.3 Å². The number of hydrogen-bond donors (Lipinski definition) is 1. The van der Waals surface area contributed by atoms with Gasteiger partial charge in [-0.2, -0.15) is 0 Å². The van der Waals surface area contributed by atoms with Gasteiger partial charge in [-0.1, -0.05) is 6.07 Å². The van der Waals surface area contributed by atoms with Gasteiger partial charge >= 0.3 is 0 Å². The van der Waals surface area contributed by atoms with Crippen molar-refractivity contribution < 1.29 is 13.9 Å². The first-order chi connectivity index (χ1) is 9.63. The van der Waals surface area contributed by atoms with Gasteiger partial charge in [-0.25, -0.2) is 9.37 Å². The monoisotopic (exact) mass is 277 g/mol. The highest BCUT2D eigenvalue weighted by atomic mass is 19.1.